The van der Waals surface area contributed by atoms with Crippen molar-refractivity contribution in [3.8, 4) is 0 Å². The molecule has 0 aromatic carbocycles. The van der Waals surface area contributed by atoms with Crippen molar-refractivity contribution < 1.29 is 13.2 Å². The summed E-state index contributed by atoms with van der Waals surface area (Å²) in [5.41, 5.74) is -0.734. The summed E-state index contributed by atoms with van der Waals surface area (Å²) in [5, 5.41) is 0.864. The molecule has 0 aliphatic heterocycles. The summed E-state index contributed by atoms with van der Waals surface area (Å²) in [4.78, 5) is 3.78. The summed E-state index contributed by atoms with van der Waals surface area (Å²) < 4.78 is 37.3. The first-order valence-corrected chi connectivity index (χ1v) is 5.87. The van der Waals surface area contributed by atoms with Gasteiger partial charge in [-0.1, -0.05) is 13.8 Å². The Labute approximate surface area is 98.6 Å². The van der Waals surface area contributed by atoms with E-state index in [9.17, 15) is 13.2 Å². The predicted molar refractivity (Wildman–Crippen MR) is 57.9 cm³/mol. The van der Waals surface area contributed by atoms with E-state index < -0.39 is 11.7 Å². The molecule has 1 rings (SSSR count). The molecule has 0 atom stereocenters. The first-order chi connectivity index (χ1) is 6.80. The van der Waals surface area contributed by atoms with E-state index in [2.05, 4.69) is 20.9 Å². The zero-order valence-electron chi connectivity index (χ0n) is 8.10. The Morgan fingerprint density at radius 2 is 2.00 bits per heavy atom. The minimum Gasteiger partial charge on any atom is -0.248 e. The van der Waals surface area contributed by atoms with Gasteiger partial charge in [-0.05, 0) is 22.0 Å². The number of halogens is 4. The second kappa shape index (κ2) is 4.74. The van der Waals surface area contributed by atoms with E-state index in [1.165, 1.54) is 11.8 Å². The number of hydrogen-bond acceptors (Lipinski definition) is 2. The average Bonchev–Trinajstić information content (AvgIpc) is 2.05. The number of hydrogen-bond donors (Lipinski definition) is 0. The fourth-order valence-electron chi connectivity index (χ4n) is 0.890. The summed E-state index contributed by atoms with van der Waals surface area (Å²) in [7, 11) is 0. The number of nitrogens with zero attached hydrogens (tertiary/aromatic N) is 1. The Balaban J connectivity index is 2.98. The highest BCUT2D eigenvalue weighted by Gasteiger charge is 2.31. The molecule has 84 valence electrons. The molecule has 0 aliphatic carbocycles. The fraction of sp³-hybridized carbons (Fsp3) is 0.444. The van der Waals surface area contributed by atoms with Crippen molar-refractivity contribution in [3.63, 3.8) is 0 Å². The highest BCUT2D eigenvalue weighted by molar-refractivity contribution is 9.10. The van der Waals surface area contributed by atoms with Crippen molar-refractivity contribution in [2.75, 3.05) is 0 Å². The molecule has 15 heavy (non-hydrogen) atoms. The Morgan fingerprint density at radius 1 is 1.40 bits per heavy atom. The number of aromatic nitrogens is 1. The lowest BCUT2D eigenvalue weighted by molar-refractivity contribution is -0.137. The van der Waals surface area contributed by atoms with Gasteiger partial charge >= 0.3 is 6.18 Å². The van der Waals surface area contributed by atoms with Gasteiger partial charge in [-0.2, -0.15) is 13.2 Å². The molecule has 0 aliphatic rings. The van der Waals surface area contributed by atoms with Crippen LogP contribution in [0.2, 0.25) is 0 Å². The van der Waals surface area contributed by atoms with E-state index in [-0.39, 0.29) is 5.25 Å². The summed E-state index contributed by atoms with van der Waals surface area (Å²) in [5.74, 6) is 0. The van der Waals surface area contributed by atoms with Gasteiger partial charge in [0, 0.05) is 11.4 Å². The first-order valence-electron chi connectivity index (χ1n) is 4.20. The molecule has 0 bridgehead atoms. The van der Waals surface area contributed by atoms with Crippen LogP contribution in [0, 0.1) is 0 Å². The van der Waals surface area contributed by atoms with Crippen LogP contribution in [0.5, 0.6) is 0 Å². The van der Waals surface area contributed by atoms with Gasteiger partial charge < -0.3 is 0 Å². The van der Waals surface area contributed by atoms with Gasteiger partial charge in [0.05, 0.1) is 10.0 Å². The summed E-state index contributed by atoms with van der Waals surface area (Å²) in [6, 6.07) is 1.05. The van der Waals surface area contributed by atoms with E-state index in [0.29, 0.717) is 9.50 Å². The van der Waals surface area contributed by atoms with E-state index >= 15 is 0 Å². The van der Waals surface area contributed by atoms with E-state index in [4.69, 9.17) is 0 Å². The molecule has 1 nitrogen and oxygen atoms in total. The topological polar surface area (TPSA) is 12.9 Å². The maximum Gasteiger partial charge on any atom is 0.417 e. The summed E-state index contributed by atoms with van der Waals surface area (Å²) in [6.07, 6.45) is -3.48. The lowest BCUT2D eigenvalue weighted by atomic mass is 10.3. The third-order valence-corrected chi connectivity index (χ3v) is 3.37. The van der Waals surface area contributed by atoms with Crippen LogP contribution in [0.4, 0.5) is 13.2 Å². The highest BCUT2D eigenvalue weighted by atomic mass is 79.9. The zero-order chi connectivity index (χ0) is 11.6. The molecule has 0 saturated heterocycles. The molecule has 0 spiro atoms. The molecule has 1 aromatic rings. The minimum atomic E-state index is -4.34. The van der Waals surface area contributed by atoms with Crippen molar-refractivity contribution in [1.29, 1.82) is 0 Å². The highest BCUT2D eigenvalue weighted by Crippen LogP contribution is 2.34. The molecule has 0 radical (unpaired) electrons. The standard InChI is InChI=1S/C9H9BrF3NS/c1-5(2)15-8-7(10)3-6(4-14-8)9(11,12)13/h3-5H,1-2H3. The van der Waals surface area contributed by atoms with Crippen LogP contribution in [0.25, 0.3) is 0 Å². The van der Waals surface area contributed by atoms with Crippen LogP contribution < -0.4 is 0 Å². The molecule has 0 saturated carbocycles. The van der Waals surface area contributed by atoms with Crippen molar-refractivity contribution in [1.82, 2.24) is 4.98 Å². The minimum absolute atomic E-state index is 0.283. The molecule has 0 unspecified atom stereocenters. The normalized spacial score (nSPS) is 12.2. The Morgan fingerprint density at radius 3 is 2.40 bits per heavy atom. The molecule has 6 heteroatoms. The second-order valence-corrected chi connectivity index (χ2v) is 5.59. The van der Waals surface area contributed by atoms with Gasteiger partial charge in [0.1, 0.15) is 5.03 Å². The van der Waals surface area contributed by atoms with Gasteiger partial charge in [0.2, 0.25) is 0 Å². The van der Waals surface area contributed by atoms with Crippen molar-refractivity contribution in [3.05, 3.63) is 22.3 Å². The number of pyridine rings is 1. The lowest BCUT2D eigenvalue weighted by Gasteiger charge is -2.10. The quantitative estimate of drug-likeness (QED) is 0.753. The molecular weight excluding hydrogens is 291 g/mol. The second-order valence-electron chi connectivity index (χ2n) is 3.18. The molecule has 0 amide bonds. The third-order valence-electron chi connectivity index (χ3n) is 1.48. The van der Waals surface area contributed by atoms with E-state index in [0.717, 1.165) is 12.3 Å². The van der Waals surface area contributed by atoms with Crippen LogP contribution in [0.1, 0.15) is 19.4 Å². The maximum absolute atomic E-state index is 12.3. The van der Waals surface area contributed by atoms with Gasteiger partial charge in [0.15, 0.2) is 0 Å². The number of rotatable bonds is 2. The summed E-state index contributed by atoms with van der Waals surface area (Å²) in [6.45, 7) is 3.91. The van der Waals surface area contributed by atoms with Crippen LogP contribution in [-0.4, -0.2) is 10.2 Å². The largest absolute Gasteiger partial charge is 0.417 e. The van der Waals surface area contributed by atoms with Crippen molar-refractivity contribution in [2.24, 2.45) is 0 Å². The molecular formula is C9H9BrF3NS. The molecule has 1 aromatic heterocycles. The first kappa shape index (κ1) is 12.8. The Hall–Kier alpha value is -0.230. The Kier molecular flexibility index (Phi) is 4.06. The van der Waals surface area contributed by atoms with Gasteiger partial charge in [0.25, 0.3) is 0 Å². The van der Waals surface area contributed by atoms with E-state index in [1.54, 1.807) is 0 Å². The number of thioether (sulfide) groups is 1. The average molecular weight is 300 g/mol. The van der Waals surface area contributed by atoms with Crippen LogP contribution in [0.3, 0.4) is 0 Å². The third kappa shape index (κ3) is 3.68. The van der Waals surface area contributed by atoms with Crippen LogP contribution in [0.15, 0.2) is 21.8 Å². The van der Waals surface area contributed by atoms with Crippen molar-refractivity contribution in [2.45, 2.75) is 30.3 Å². The number of alkyl halides is 3. The molecule has 0 fully saturated rings. The zero-order valence-corrected chi connectivity index (χ0v) is 10.5. The SMILES string of the molecule is CC(C)Sc1ncc(C(F)(F)F)cc1Br. The fourth-order valence-corrected chi connectivity index (χ4v) is 2.25. The van der Waals surface area contributed by atoms with Gasteiger partial charge in [-0.3, -0.25) is 0 Å². The van der Waals surface area contributed by atoms with Crippen molar-refractivity contribution >= 4 is 27.7 Å². The molecule has 1 heterocycles. The molecule has 0 N–H and O–H groups in total. The summed E-state index contributed by atoms with van der Waals surface area (Å²) >= 11 is 4.50. The maximum atomic E-state index is 12.3. The predicted octanol–water partition coefficient (Wildman–Crippen LogP) is 4.36. The monoisotopic (exact) mass is 299 g/mol. The lowest BCUT2D eigenvalue weighted by Crippen LogP contribution is -2.06. The van der Waals surface area contributed by atoms with Crippen LogP contribution in [-0.2, 0) is 6.18 Å². The van der Waals surface area contributed by atoms with Crippen LogP contribution >= 0.6 is 27.7 Å². The smallest absolute Gasteiger partial charge is 0.248 e. The van der Waals surface area contributed by atoms with Gasteiger partial charge in [-0.25, -0.2) is 4.98 Å². The van der Waals surface area contributed by atoms with E-state index in [1.807, 2.05) is 13.8 Å². The van der Waals surface area contributed by atoms with Gasteiger partial charge in [-0.15, -0.1) is 11.8 Å². The Bertz CT molecular complexity index is 352.